The van der Waals surface area contributed by atoms with E-state index in [1.165, 1.54) is 5.56 Å². The molecule has 0 radical (unpaired) electrons. The van der Waals surface area contributed by atoms with Crippen LogP contribution in [0.2, 0.25) is 0 Å². The number of carbonyl (C=O) groups excluding carboxylic acids is 1. The van der Waals surface area contributed by atoms with Gasteiger partial charge in [-0.2, -0.15) is 0 Å². The summed E-state index contributed by atoms with van der Waals surface area (Å²) in [6.45, 7) is 6.78. The van der Waals surface area contributed by atoms with Crippen LogP contribution in [0.5, 0.6) is 0 Å². The summed E-state index contributed by atoms with van der Waals surface area (Å²) in [6, 6.07) is 4.48. The number of hydrogen-bond donors (Lipinski definition) is 1. The molecule has 4 heterocycles. The van der Waals surface area contributed by atoms with E-state index in [0.717, 1.165) is 45.7 Å². The molecule has 3 aliphatic heterocycles. The fourth-order valence-electron chi connectivity index (χ4n) is 4.55. The van der Waals surface area contributed by atoms with Gasteiger partial charge in [0.05, 0.1) is 11.6 Å². The summed E-state index contributed by atoms with van der Waals surface area (Å²) < 4.78 is 0. The van der Waals surface area contributed by atoms with Gasteiger partial charge in [-0.15, -0.1) is 0 Å². The molecule has 124 valence electrons. The number of fused-ring (bicyclic) bond motifs is 2. The van der Waals surface area contributed by atoms with Crippen molar-refractivity contribution in [1.29, 1.82) is 0 Å². The molecule has 3 fully saturated rings. The molecular formula is C17H24N4O2. The van der Waals surface area contributed by atoms with Crippen molar-refractivity contribution in [3.63, 3.8) is 0 Å². The molecule has 0 bridgehead atoms. The molecule has 6 heteroatoms. The molecule has 0 aromatic carbocycles. The number of hydrogen-bond acceptors (Lipinski definition) is 5. The molecule has 0 saturated carbocycles. The first kappa shape index (κ1) is 15.1. The average Bonchev–Trinajstić information content (AvgIpc) is 2.85. The Morgan fingerprint density at radius 2 is 2.22 bits per heavy atom. The standard InChI is InChI=1S/C17H24N4O2/c1-13(22)20-11-17(12-20)10-19(7-14-3-2-4-18-6-14)8-15-5-16(23)9-21(15)17/h2-4,6,15-16,23H,5,7-12H2,1H3/t15-,16-/m1/s1. The fraction of sp³-hybridized carbons (Fsp3) is 0.647. The monoisotopic (exact) mass is 316 g/mol. The Balaban J connectivity index is 1.52. The van der Waals surface area contributed by atoms with Crippen LogP contribution in [-0.4, -0.2) is 81.1 Å². The van der Waals surface area contributed by atoms with E-state index in [1.807, 2.05) is 17.2 Å². The Kier molecular flexibility index (Phi) is 3.63. The molecule has 0 unspecified atom stereocenters. The number of aliphatic hydroxyl groups is 1. The quantitative estimate of drug-likeness (QED) is 0.828. The van der Waals surface area contributed by atoms with Crippen LogP contribution < -0.4 is 0 Å². The van der Waals surface area contributed by atoms with Gasteiger partial charge in [-0.05, 0) is 18.1 Å². The Hall–Kier alpha value is -1.50. The summed E-state index contributed by atoms with van der Waals surface area (Å²) in [7, 11) is 0. The second kappa shape index (κ2) is 5.54. The zero-order valence-electron chi connectivity index (χ0n) is 13.6. The van der Waals surface area contributed by atoms with Gasteiger partial charge in [0, 0.05) is 64.6 Å². The molecule has 1 amide bonds. The van der Waals surface area contributed by atoms with Gasteiger partial charge in [0.1, 0.15) is 0 Å². The number of rotatable bonds is 2. The third-order valence-corrected chi connectivity index (χ3v) is 5.53. The molecule has 1 spiro atoms. The Morgan fingerprint density at radius 3 is 2.91 bits per heavy atom. The van der Waals surface area contributed by atoms with Crippen molar-refractivity contribution in [3.05, 3.63) is 30.1 Å². The normalized spacial score (nSPS) is 30.3. The van der Waals surface area contributed by atoms with E-state index in [2.05, 4.69) is 20.9 Å². The number of carbonyl (C=O) groups is 1. The van der Waals surface area contributed by atoms with Crippen LogP contribution in [0.3, 0.4) is 0 Å². The van der Waals surface area contributed by atoms with Gasteiger partial charge in [-0.1, -0.05) is 6.07 Å². The Morgan fingerprint density at radius 1 is 1.39 bits per heavy atom. The maximum absolute atomic E-state index is 11.6. The van der Waals surface area contributed by atoms with E-state index in [1.54, 1.807) is 13.1 Å². The number of aromatic nitrogens is 1. The lowest BCUT2D eigenvalue weighted by Gasteiger charge is -2.60. The first-order valence-corrected chi connectivity index (χ1v) is 8.37. The summed E-state index contributed by atoms with van der Waals surface area (Å²) in [5.74, 6) is 0.149. The van der Waals surface area contributed by atoms with E-state index >= 15 is 0 Å². The van der Waals surface area contributed by atoms with E-state index in [-0.39, 0.29) is 17.6 Å². The minimum Gasteiger partial charge on any atom is -0.392 e. The number of amides is 1. The maximum Gasteiger partial charge on any atom is 0.219 e. The molecule has 2 atom stereocenters. The number of pyridine rings is 1. The lowest BCUT2D eigenvalue weighted by atomic mass is 9.83. The molecule has 3 aliphatic rings. The predicted molar refractivity (Wildman–Crippen MR) is 85.6 cm³/mol. The maximum atomic E-state index is 11.6. The summed E-state index contributed by atoms with van der Waals surface area (Å²) in [6.07, 6.45) is 4.32. The van der Waals surface area contributed by atoms with Gasteiger partial charge in [-0.3, -0.25) is 19.6 Å². The summed E-state index contributed by atoms with van der Waals surface area (Å²) in [5.41, 5.74) is 1.24. The lowest BCUT2D eigenvalue weighted by molar-refractivity contribution is -0.154. The van der Waals surface area contributed by atoms with Crippen molar-refractivity contribution in [3.8, 4) is 0 Å². The minimum absolute atomic E-state index is 0.0221. The molecule has 0 aliphatic carbocycles. The third-order valence-electron chi connectivity index (χ3n) is 5.53. The lowest BCUT2D eigenvalue weighted by Crippen LogP contribution is -2.78. The minimum atomic E-state index is -0.235. The topological polar surface area (TPSA) is 59.9 Å². The highest BCUT2D eigenvalue weighted by molar-refractivity contribution is 5.74. The number of β-amino-alcohol motifs (C(OH)–C–C–N with tert-alkyl or cyclic N) is 1. The van der Waals surface area contributed by atoms with E-state index < -0.39 is 0 Å². The number of piperazine rings is 1. The van der Waals surface area contributed by atoms with Crippen LogP contribution in [0.4, 0.5) is 0 Å². The van der Waals surface area contributed by atoms with Crippen LogP contribution in [-0.2, 0) is 11.3 Å². The molecule has 1 aromatic heterocycles. The van der Waals surface area contributed by atoms with Crippen LogP contribution in [0.15, 0.2) is 24.5 Å². The largest absolute Gasteiger partial charge is 0.392 e. The highest BCUT2D eigenvalue weighted by Crippen LogP contribution is 2.39. The van der Waals surface area contributed by atoms with Crippen molar-refractivity contribution in [2.24, 2.45) is 0 Å². The second-order valence-corrected chi connectivity index (χ2v) is 7.33. The summed E-state index contributed by atoms with van der Waals surface area (Å²) in [5, 5.41) is 10.1. The number of nitrogens with zero attached hydrogens (tertiary/aromatic N) is 4. The fourth-order valence-corrected chi connectivity index (χ4v) is 4.55. The van der Waals surface area contributed by atoms with Crippen LogP contribution in [0.25, 0.3) is 0 Å². The average molecular weight is 316 g/mol. The summed E-state index contributed by atoms with van der Waals surface area (Å²) in [4.78, 5) is 22.7. The van der Waals surface area contributed by atoms with Crippen molar-refractivity contribution in [1.82, 2.24) is 19.7 Å². The molecule has 23 heavy (non-hydrogen) atoms. The molecular weight excluding hydrogens is 292 g/mol. The third kappa shape index (κ3) is 2.65. The predicted octanol–water partition coefficient (Wildman–Crippen LogP) is -0.0667. The SMILES string of the molecule is CC(=O)N1CC2(CN(Cc3cccnc3)C[C@H]3C[C@@H](O)CN32)C1. The Labute approximate surface area is 136 Å². The van der Waals surface area contributed by atoms with Gasteiger partial charge in [0.2, 0.25) is 5.91 Å². The van der Waals surface area contributed by atoms with Crippen molar-refractivity contribution < 1.29 is 9.90 Å². The summed E-state index contributed by atoms with van der Waals surface area (Å²) >= 11 is 0. The molecule has 6 nitrogen and oxygen atoms in total. The smallest absolute Gasteiger partial charge is 0.219 e. The van der Waals surface area contributed by atoms with Gasteiger partial charge in [0.15, 0.2) is 0 Å². The van der Waals surface area contributed by atoms with Crippen molar-refractivity contribution in [2.75, 3.05) is 32.7 Å². The first-order chi connectivity index (χ1) is 11.1. The molecule has 1 N–H and O–H groups in total. The van der Waals surface area contributed by atoms with Crippen molar-refractivity contribution >= 4 is 5.91 Å². The van der Waals surface area contributed by atoms with Gasteiger partial charge >= 0.3 is 0 Å². The highest BCUT2D eigenvalue weighted by Gasteiger charge is 2.56. The zero-order chi connectivity index (χ0) is 16.0. The highest BCUT2D eigenvalue weighted by atomic mass is 16.3. The van der Waals surface area contributed by atoms with Crippen LogP contribution >= 0.6 is 0 Å². The van der Waals surface area contributed by atoms with Gasteiger partial charge in [0.25, 0.3) is 0 Å². The van der Waals surface area contributed by atoms with Gasteiger partial charge < -0.3 is 10.0 Å². The number of likely N-dealkylation sites (tertiary alicyclic amines) is 1. The molecule has 3 saturated heterocycles. The Bertz CT molecular complexity index is 588. The van der Waals surface area contributed by atoms with Gasteiger partial charge in [-0.25, -0.2) is 0 Å². The molecule has 4 rings (SSSR count). The number of aliphatic hydroxyl groups excluding tert-OH is 1. The van der Waals surface area contributed by atoms with E-state index in [9.17, 15) is 9.90 Å². The van der Waals surface area contributed by atoms with Crippen LogP contribution in [0.1, 0.15) is 18.9 Å². The second-order valence-electron chi connectivity index (χ2n) is 7.33. The first-order valence-electron chi connectivity index (χ1n) is 8.37. The zero-order valence-corrected chi connectivity index (χ0v) is 13.6. The molecule has 1 aromatic rings. The van der Waals surface area contributed by atoms with Crippen LogP contribution in [0, 0.1) is 0 Å². The van der Waals surface area contributed by atoms with Crippen molar-refractivity contribution in [2.45, 2.75) is 37.6 Å². The van der Waals surface area contributed by atoms with E-state index in [4.69, 9.17) is 0 Å². The van der Waals surface area contributed by atoms with E-state index in [0.29, 0.717) is 6.04 Å².